The van der Waals surface area contributed by atoms with Crippen LogP contribution in [0.3, 0.4) is 0 Å². The Morgan fingerprint density at radius 3 is 3.08 bits per heavy atom. The van der Waals surface area contributed by atoms with Gasteiger partial charge in [-0.25, -0.2) is 0 Å². The first-order valence-electron chi connectivity index (χ1n) is 3.60. The molecule has 0 aliphatic carbocycles. The molecule has 68 valence electrons. The molecule has 0 atom stereocenters. The van der Waals surface area contributed by atoms with Crippen molar-refractivity contribution in [2.24, 2.45) is 0 Å². The molecule has 0 fully saturated rings. The highest BCUT2D eigenvalue weighted by Gasteiger charge is 2.01. The first-order valence-corrected chi connectivity index (χ1v) is 4.79. The predicted molar refractivity (Wildman–Crippen MR) is 51.0 cm³/mol. The van der Waals surface area contributed by atoms with Crippen LogP contribution in [0.1, 0.15) is 5.76 Å². The number of rotatable bonds is 3. The van der Waals surface area contributed by atoms with Gasteiger partial charge in [0.25, 0.3) is 0 Å². The van der Waals surface area contributed by atoms with Crippen LogP contribution in [-0.2, 0) is 6.54 Å². The average molecular weight is 216 g/mol. The van der Waals surface area contributed by atoms with Crippen molar-refractivity contribution < 1.29 is 4.42 Å². The maximum Gasteiger partial charge on any atom is 0.208 e. The Balaban J connectivity index is 1.93. The van der Waals surface area contributed by atoms with Crippen molar-refractivity contribution in [1.82, 2.24) is 10.2 Å². The number of anilines is 1. The van der Waals surface area contributed by atoms with Gasteiger partial charge in [0.1, 0.15) is 5.76 Å². The first kappa shape index (κ1) is 8.52. The van der Waals surface area contributed by atoms with E-state index in [1.54, 1.807) is 6.26 Å². The monoisotopic (exact) mass is 215 g/mol. The van der Waals surface area contributed by atoms with Crippen molar-refractivity contribution >= 4 is 28.1 Å². The summed E-state index contributed by atoms with van der Waals surface area (Å²) in [6.45, 7) is 0.596. The van der Waals surface area contributed by atoms with Crippen molar-refractivity contribution in [2.75, 3.05) is 5.32 Å². The van der Waals surface area contributed by atoms with Crippen LogP contribution in [-0.4, -0.2) is 10.2 Å². The van der Waals surface area contributed by atoms with Gasteiger partial charge in [-0.1, -0.05) is 11.3 Å². The predicted octanol–water partition coefficient (Wildman–Crippen LogP) is 2.40. The van der Waals surface area contributed by atoms with Crippen LogP contribution in [0.4, 0.5) is 5.13 Å². The molecular weight excluding hydrogens is 210 g/mol. The lowest BCUT2D eigenvalue weighted by Gasteiger charge is -1.96. The van der Waals surface area contributed by atoms with Gasteiger partial charge in [-0.05, 0) is 23.7 Å². The molecule has 0 aliphatic heterocycles. The van der Waals surface area contributed by atoms with E-state index < -0.39 is 0 Å². The maximum absolute atomic E-state index is 5.60. The molecule has 2 heterocycles. The van der Waals surface area contributed by atoms with Gasteiger partial charge in [-0.15, -0.1) is 10.2 Å². The molecule has 2 aromatic heterocycles. The second-order valence-electron chi connectivity index (χ2n) is 2.29. The Hall–Kier alpha value is -1.07. The van der Waals surface area contributed by atoms with Crippen LogP contribution in [0.25, 0.3) is 0 Å². The summed E-state index contributed by atoms with van der Waals surface area (Å²) in [5, 5.41) is 11.2. The molecular formula is C7H6ClN3OS. The lowest BCUT2D eigenvalue weighted by Crippen LogP contribution is -1.96. The third kappa shape index (κ3) is 2.19. The molecule has 0 radical (unpaired) electrons. The minimum atomic E-state index is 0.432. The number of aromatic nitrogens is 2. The summed E-state index contributed by atoms with van der Waals surface area (Å²) in [6, 6.07) is 3.72. The number of nitrogens with one attached hydrogen (secondary N) is 1. The lowest BCUT2D eigenvalue weighted by molar-refractivity contribution is 0.518. The molecule has 2 aromatic rings. The molecule has 13 heavy (non-hydrogen) atoms. The van der Waals surface area contributed by atoms with Gasteiger partial charge >= 0.3 is 0 Å². The van der Waals surface area contributed by atoms with Gasteiger partial charge in [-0.3, -0.25) is 0 Å². The number of nitrogens with zero attached hydrogens (tertiary/aromatic N) is 2. The fraction of sp³-hybridized carbons (Fsp3) is 0.143. The minimum absolute atomic E-state index is 0.432. The lowest BCUT2D eigenvalue weighted by atomic mass is 10.4. The summed E-state index contributed by atoms with van der Waals surface area (Å²) < 4.78 is 5.56. The normalized spacial score (nSPS) is 10.2. The Kier molecular flexibility index (Phi) is 2.47. The number of hydrogen-bond acceptors (Lipinski definition) is 5. The molecule has 2 rings (SSSR count). The molecule has 1 N–H and O–H groups in total. The van der Waals surface area contributed by atoms with E-state index in [0.717, 1.165) is 5.76 Å². The van der Waals surface area contributed by atoms with E-state index in [0.29, 0.717) is 16.1 Å². The molecule has 0 aromatic carbocycles. The molecule has 0 amide bonds. The van der Waals surface area contributed by atoms with E-state index in [-0.39, 0.29) is 0 Å². The minimum Gasteiger partial charge on any atom is -0.467 e. The van der Waals surface area contributed by atoms with Crippen LogP contribution in [0.2, 0.25) is 4.47 Å². The topological polar surface area (TPSA) is 51.0 Å². The maximum atomic E-state index is 5.60. The van der Waals surface area contributed by atoms with E-state index in [1.165, 1.54) is 11.3 Å². The second-order valence-corrected chi connectivity index (χ2v) is 3.85. The highest BCUT2D eigenvalue weighted by molar-refractivity contribution is 7.18. The number of hydrogen-bond donors (Lipinski definition) is 1. The summed E-state index contributed by atoms with van der Waals surface area (Å²) in [5.41, 5.74) is 0. The van der Waals surface area contributed by atoms with Crippen LogP contribution in [0.15, 0.2) is 22.8 Å². The van der Waals surface area contributed by atoms with E-state index in [1.807, 2.05) is 12.1 Å². The zero-order valence-electron chi connectivity index (χ0n) is 6.53. The Labute approximate surface area is 83.5 Å². The number of halogens is 1. The fourth-order valence-corrected chi connectivity index (χ4v) is 1.58. The highest BCUT2D eigenvalue weighted by Crippen LogP contribution is 2.19. The molecule has 0 unspecified atom stereocenters. The van der Waals surface area contributed by atoms with Crippen LogP contribution in [0, 0.1) is 0 Å². The van der Waals surface area contributed by atoms with E-state index in [2.05, 4.69) is 15.5 Å². The van der Waals surface area contributed by atoms with E-state index in [4.69, 9.17) is 16.0 Å². The van der Waals surface area contributed by atoms with Gasteiger partial charge in [0.2, 0.25) is 9.60 Å². The molecule has 0 aliphatic rings. The molecule has 0 saturated heterocycles. The Bertz CT molecular complexity index is 373. The van der Waals surface area contributed by atoms with Crippen molar-refractivity contribution in [2.45, 2.75) is 6.54 Å². The SMILES string of the molecule is Clc1nnc(NCc2ccco2)s1. The summed E-state index contributed by atoms with van der Waals surface area (Å²) in [7, 11) is 0. The van der Waals surface area contributed by atoms with Crippen LogP contribution < -0.4 is 5.32 Å². The van der Waals surface area contributed by atoms with Crippen molar-refractivity contribution in [3.63, 3.8) is 0 Å². The molecule has 0 spiro atoms. The van der Waals surface area contributed by atoms with Crippen LogP contribution in [0.5, 0.6) is 0 Å². The van der Waals surface area contributed by atoms with Crippen molar-refractivity contribution in [1.29, 1.82) is 0 Å². The quantitative estimate of drug-likeness (QED) is 0.854. The molecule has 4 nitrogen and oxygen atoms in total. The largest absolute Gasteiger partial charge is 0.467 e. The zero-order valence-corrected chi connectivity index (χ0v) is 8.10. The second kappa shape index (κ2) is 3.76. The zero-order chi connectivity index (χ0) is 9.10. The van der Waals surface area contributed by atoms with Gasteiger partial charge < -0.3 is 9.73 Å². The molecule has 0 bridgehead atoms. The first-order chi connectivity index (χ1) is 6.34. The average Bonchev–Trinajstić information content (AvgIpc) is 2.71. The van der Waals surface area contributed by atoms with Gasteiger partial charge in [0.05, 0.1) is 12.8 Å². The summed E-state index contributed by atoms with van der Waals surface area (Å²) in [4.78, 5) is 0. The summed E-state index contributed by atoms with van der Waals surface area (Å²) in [5.74, 6) is 0.853. The summed E-state index contributed by atoms with van der Waals surface area (Å²) >= 11 is 6.90. The summed E-state index contributed by atoms with van der Waals surface area (Å²) in [6.07, 6.45) is 1.63. The fourth-order valence-electron chi connectivity index (χ4n) is 0.853. The number of furan rings is 1. The standard InChI is InChI=1S/C7H6ClN3OS/c8-6-10-11-7(13-6)9-4-5-2-1-3-12-5/h1-3H,4H2,(H,9,11). The van der Waals surface area contributed by atoms with E-state index >= 15 is 0 Å². The molecule has 6 heteroatoms. The Morgan fingerprint density at radius 1 is 1.54 bits per heavy atom. The van der Waals surface area contributed by atoms with Crippen molar-refractivity contribution in [3.05, 3.63) is 28.6 Å². The smallest absolute Gasteiger partial charge is 0.208 e. The highest BCUT2D eigenvalue weighted by atomic mass is 35.5. The van der Waals surface area contributed by atoms with E-state index in [9.17, 15) is 0 Å². The van der Waals surface area contributed by atoms with Gasteiger partial charge in [-0.2, -0.15) is 0 Å². The molecule has 0 saturated carbocycles. The Morgan fingerprint density at radius 2 is 2.46 bits per heavy atom. The van der Waals surface area contributed by atoms with Gasteiger partial charge in [0, 0.05) is 0 Å². The van der Waals surface area contributed by atoms with Gasteiger partial charge in [0.15, 0.2) is 0 Å². The van der Waals surface area contributed by atoms with Crippen molar-refractivity contribution in [3.8, 4) is 0 Å². The third-order valence-corrected chi connectivity index (χ3v) is 2.37. The third-order valence-electron chi connectivity index (χ3n) is 1.39. The van der Waals surface area contributed by atoms with Crippen LogP contribution >= 0.6 is 22.9 Å².